The minimum atomic E-state index is -4.68. The standard InChI is InChI=1S/C7H4F3NO2.Cl2O2S/c8-7(9,10)5-3-1-2-4-6(5)11(12)13;1-5(2,3)4/h1-4H;. The van der Waals surface area contributed by atoms with Crippen LogP contribution in [0.2, 0.25) is 0 Å². The Kier molecular flexibility index (Phi) is 5.84. The van der Waals surface area contributed by atoms with Crippen molar-refractivity contribution in [2.75, 3.05) is 0 Å². The number of nitro groups is 1. The van der Waals surface area contributed by atoms with Gasteiger partial charge in [-0.3, -0.25) is 10.1 Å². The predicted octanol–water partition coefficient (Wildman–Crippen LogP) is 3.32. The average Bonchev–Trinajstić information content (AvgIpc) is 2.13. The largest absolute Gasteiger partial charge is 0.422 e. The molecule has 0 radical (unpaired) electrons. The van der Waals surface area contributed by atoms with E-state index in [1.165, 1.54) is 6.07 Å². The second-order valence-corrected chi connectivity index (χ2v) is 6.32. The van der Waals surface area contributed by atoms with Crippen LogP contribution in [0.15, 0.2) is 24.3 Å². The fourth-order valence-electron chi connectivity index (χ4n) is 0.873. The molecule has 0 saturated carbocycles. The topological polar surface area (TPSA) is 77.3 Å². The van der Waals surface area contributed by atoms with Gasteiger partial charge in [0.15, 0.2) is 0 Å². The van der Waals surface area contributed by atoms with Crippen molar-refractivity contribution in [2.45, 2.75) is 6.18 Å². The van der Waals surface area contributed by atoms with E-state index in [4.69, 9.17) is 8.42 Å². The van der Waals surface area contributed by atoms with Crippen molar-refractivity contribution >= 4 is 35.3 Å². The molecular formula is C7H4Cl2F3NO4S. The van der Waals surface area contributed by atoms with Crippen LogP contribution in [0.3, 0.4) is 0 Å². The fourth-order valence-corrected chi connectivity index (χ4v) is 0.873. The smallest absolute Gasteiger partial charge is 0.258 e. The van der Waals surface area contributed by atoms with Crippen LogP contribution in [0.25, 0.3) is 0 Å². The van der Waals surface area contributed by atoms with Crippen LogP contribution >= 0.6 is 21.4 Å². The molecule has 11 heteroatoms. The normalized spacial score (nSPS) is 11.4. The molecule has 0 N–H and O–H groups in total. The first-order valence-electron chi connectivity index (χ1n) is 3.87. The van der Waals surface area contributed by atoms with Gasteiger partial charge in [0.05, 0.1) is 4.92 Å². The maximum Gasteiger partial charge on any atom is 0.422 e. The third kappa shape index (κ3) is 7.30. The first-order chi connectivity index (χ1) is 7.93. The van der Waals surface area contributed by atoms with E-state index in [9.17, 15) is 23.3 Å². The summed E-state index contributed by atoms with van der Waals surface area (Å²) in [5.74, 6) is 0. The lowest BCUT2D eigenvalue weighted by molar-refractivity contribution is -0.388. The molecule has 0 aliphatic heterocycles. The Morgan fingerprint density at radius 3 is 1.83 bits per heavy atom. The highest BCUT2D eigenvalue weighted by Gasteiger charge is 2.37. The van der Waals surface area contributed by atoms with Crippen LogP contribution < -0.4 is 0 Å². The van der Waals surface area contributed by atoms with Gasteiger partial charge < -0.3 is 0 Å². The first-order valence-corrected chi connectivity index (χ1v) is 7.01. The Hall–Kier alpha value is -1.06. The molecule has 0 unspecified atom stereocenters. The first kappa shape index (κ1) is 16.9. The van der Waals surface area contributed by atoms with Crippen molar-refractivity contribution in [1.82, 2.24) is 0 Å². The highest BCUT2D eigenvalue weighted by Crippen LogP contribution is 2.35. The van der Waals surface area contributed by atoms with Gasteiger partial charge in [-0.25, -0.2) is 0 Å². The molecule has 0 atom stereocenters. The van der Waals surface area contributed by atoms with Crippen molar-refractivity contribution in [3.05, 3.63) is 39.9 Å². The zero-order valence-electron chi connectivity index (χ0n) is 8.19. The molecule has 0 heterocycles. The van der Waals surface area contributed by atoms with Crippen LogP contribution in [0.1, 0.15) is 5.56 Å². The molecule has 18 heavy (non-hydrogen) atoms. The number of hydrogen-bond acceptors (Lipinski definition) is 4. The molecule has 0 amide bonds. The van der Waals surface area contributed by atoms with Gasteiger partial charge in [-0.05, 0) is 6.07 Å². The van der Waals surface area contributed by atoms with E-state index in [0.717, 1.165) is 12.1 Å². The molecule has 0 aliphatic rings. The van der Waals surface area contributed by atoms with Gasteiger partial charge in [0.1, 0.15) is 5.56 Å². The van der Waals surface area contributed by atoms with Crippen LogP contribution in [-0.4, -0.2) is 13.3 Å². The summed E-state index contributed by atoms with van der Waals surface area (Å²) >= 11 is 0. The highest BCUT2D eigenvalue weighted by molar-refractivity contribution is 8.31. The minimum Gasteiger partial charge on any atom is -0.258 e. The van der Waals surface area contributed by atoms with Gasteiger partial charge >= 0.3 is 14.4 Å². The van der Waals surface area contributed by atoms with Crippen molar-refractivity contribution in [1.29, 1.82) is 0 Å². The van der Waals surface area contributed by atoms with Crippen molar-refractivity contribution in [3.8, 4) is 0 Å². The number of alkyl halides is 3. The fraction of sp³-hybridized carbons (Fsp3) is 0.143. The molecule has 0 bridgehead atoms. The molecule has 0 fully saturated rings. The molecule has 0 aliphatic carbocycles. The lowest BCUT2D eigenvalue weighted by Gasteiger charge is -2.05. The van der Waals surface area contributed by atoms with E-state index in [2.05, 4.69) is 21.4 Å². The maximum absolute atomic E-state index is 12.1. The number of benzene rings is 1. The summed E-state index contributed by atoms with van der Waals surface area (Å²) in [7, 11) is 4.81. The Morgan fingerprint density at radius 1 is 1.17 bits per heavy atom. The van der Waals surface area contributed by atoms with Gasteiger partial charge in [-0.15, -0.1) is 0 Å². The zero-order valence-corrected chi connectivity index (χ0v) is 10.5. The summed E-state index contributed by atoms with van der Waals surface area (Å²) in [6.07, 6.45) is -4.68. The molecule has 0 aromatic heterocycles. The summed E-state index contributed by atoms with van der Waals surface area (Å²) < 4.78 is 54.6. The molecule has 1 aromatic carbocycles. The number of para-hydroxylation sites is 1. The summed E-state index contributed by atoms with van der Waals surface area (Å²) in [6.45, 7) is 0. The molecule has 1 aromatic rings. The second kappa shape index (κ2) is 6.21. The third-order valence-electron chi connectivity index (χ3n) is 1.41. The third-order valence-corrected chi connectivity index (χ3v) is 1.41. The van der Waals surface area contributed by atoms with Gasteiger partial charge in [0, 0.05) is 27.4 Å². The van der Waals surface area contributed by atoms with Crippen LogP contribution in [0.5, 0.6) is 0 Å². The summed E-state index contributed by atoms with van der Waals surface area (Å²) in [4.78, 5) is 9.12. The van der Waals surface area contributed by atoms with E-state index >= 15 is 0 Å². The Bertz CT molecular complexity index is 524. The Balaban J connectivity index is 0.000000494. The van der Waals surface area contributed by atoms with Gasteiger partial charge in [0.2, 0.25) is 0 Å². The molecule has 0 spiro atoms. The summed E-state index contributed by atoms with van der Waals surface area (Å²) in [5.41, 5.74) is -2.14. The Morgan fingerprint density at radius 2 is 1.56 bits per heavy atom. The quantitative estimate of drug-likeness (QED) is 0.451. The highest BCUT2D eigenvalue weighted by atomic mass is 36.0. The number of nitrogens with zero attached hydrogens (tertiary/aromatic N) is 1. The van der Waals surface area contributed by atoms with Crippen LogP contribution in [0, 0.1) is 10.1 Å². The van der Waals surface area contributed by atoms with Crippen LogP contribution in [0.4, 0.5) is 18.9 Å². The van der Waals surface area contributed by atoms with Gasteiger partial charge in [-0.1, -0.05) is 12.1 Å². The monoisotopic (exact) mass is 325 g/mol. The summed E-state index contributed by atoms with van der Waals surface area (Å²) in [5, 5.41) is 10.2. The Labute approximate surface area is 108 Å². The molecule has 5 nitrogen and oxygen atoms in total. The van der Waals surface area contributed by atoms with Gasteiger partial charge in [-0.2, -0.15) is 21.6 Å². The minimum absolute atomic E-state index is 0.679. The number of halogens is 5. The molecular weight excluding hydrogens is 322 g/mol. The molecule has 0 saturated heterocycles. The van der Waals surface area contributed by atoms with Crippen molar-refractivity contribution in [2.24, 2.45) is 0 Å². The maximum atomic E-state index is 12.1. The van der Waals surface area contributed by atoms with Crippen molar-refractivity contribution in [3.63, 3.8) is 0 Å². The van der Waals surface area contributed by atoms with E-state index in [1.54, 1.807) is 0 Å². The van der Waals surface area contributed by atoms with E-state index in [1.807, 2.05) is 0 Å². The molecule has 102 valence electrons. The number of nitro benzene ring substituents is 1. The van der Waals surface area contributed by atoms with Crippen molar-refractivity contribution < 1.29 is 26.5 Å². The predicted molar refractivity (Wildman–Crippen MR) is 58.7 cm³/mol. The zero-order chi connectivity index (χ0) is 14.6. The number of hydrogen-bond donors (Lipinski definition) is 0. The SMILES string of the molecule is O=S(=O)(Cl)Cl.O=[N+]([O-])c1ccccc1C(F)(F)F. The van der Waals surface area contributed by atoms with E-state index in [-0.39, 0.29) is 0 Å². The lowest BCUT2D eigenvalue weighted by atomic mass is 10.2. The van der Waals surface area contributed by atoms with E-state index in [0.29, 0.717) is 6.07 Å². The number of rotatable bonds is 1. The van der Waals surface area contributed by atoms with Crippen LogP contribution in [-0.2, 0) is 14.4 Å². The van der Waals surface area contributed by atoms with Gasteiger partial charge in [0.25, 0.3) is 5.69 Å². The summed E-state index contributed by atoms with van der Waals surface area (Å²) in [6, 6.07) is 3.80. The molecule has 1 rings (SSSR count). The van der Waals surface area contributed by atoms with E-state index < -0.39 is 30.6 Å². The average molecular weight is 326 g/mol. The lowest BCUT2D eigenvalue weighted by Crippen LogP contribution is -2.08. The second-order valence-electron chi connectivity index (χ2n) is 2.65.